The Morgan fingerprint density at radius 1 is 1.56 bits per heavy atom. The number of hydrogen-bond acceptors (Lipinski definition) is 4. The van der Waals surface area contributed by atoms with E-state index in [1.54, 1.807) is 7.11 Å². The van der Waals surface area contributed by atoms with Crippen LogP contribution in [-0.4, -0.2) is 20.4 Å². The van der Waals surface area contributed by atoms with E-state index in [-0.39, 0.29) is 12.7 Å². The molecule has 0 amide bonds. The molecule has 1 heterocycles. The monoisotopic (exact) mass is 243 g/mol. The summed E-state index contributed by atoms with van der Waals surface area (Å²) >= 11 is 6.19. The summed E-state index contributed by atoms with van der Waals surface area (Å²) in [6, 6.07) is 1.88. The van der Waals surface area contributed by atoms with E-state index in [0.29, 0.717) is 28.8 Å². The Hall–Kier alpha value is -1.13. The molecule has 16 heavy (non-hydrogen) atoms. The van der Waals surface area contributed by atoms with Crippen LogP contribution in [0.2, 0.25) is 5.02 Å². The van der Waals surface area contributed by atoms with Gasteiger partial charge in [0.15, 0.2) is 11.5 Å². The van der Waals surface area contributed by atoms with Gasteiger partial charge in [0.25, 0.3) is 0 Å². The molecule has 5 heteroatoms. The number of methoxy groups -OCH3 is 1. The molecule has 4 nitrogen and oxygen atoms in total. The molecule has 0 bridgehead atoms. The Morgan fingerprint density at radius 2 is 2.31 bits per heavy atom. The Morgan fingerprint density at radius 3 is 2.94 bits per heavy atom. The molecule has 1 unspecified atom stereocenters. The number of halogens is 1. The SMILES string of the molecule is COc1c(C(C)CN)cc2c(c1Cl)OCO2. The minimum atomic E-state index is 0.155. The first-order valence-corrected chi connectivity index (χ1v) is 5.42. The number of hydrogen-bond donors (Lipinski definition) is 1. The van der Waals surface area contributed by atoms with Crippen LogP contribution >= 0.6 is 11.6 Å². The van der Waals surface area contributed by atoms with Gasteiger partial charge in [0.05, 0.1) is 7.11 Å². The fraction of sp³-hybridized carbons (Fsp3) is 0.455. The summed E-state index contributed by atoms with van der Waals surface area (Å²) in [4.78, 5) is 0. The third-order valence-electron chi connectivity index (χ3n) is 2.68. The molecule has 0 fully saturated rings. The Labute approximate surface area is 99.2 Å². The van der Waals surface area contributed by atoms with Gasteiger partial charge in [0, 0.05) is 5.56 Å². The first-order valence-electron chi connectivity index (χ1n) is 5.05. The van der Waals surface area contributed by atoms with Gasteiger partial charge in [0.2, 0.25) is 6.79 Å². The first kappa shape index (κ1) is 11.4. The zero-order valence-electron chi connectivity index (χ0n) is 9.25. The van der Waals surface area contributed by atoms with Crippen LogP contribution in [0.1, 0.15) is 18.4 Å². The molecule has 1 aliphatic rings. The van der Waals surface area contributed by atoms with Crippen LogP contribution in [0.25, 0.3) is 0 Å². The minimum absolute atomic E-state index is 0.155. The van der Waals surface area contributed by atoms with E-state index in [1.807, 2.05) is 13.0 Å². The van der Waals surface area contributed by atoms with Crippen molar-refractivity contribution in [3.8, 4) is 17.2 Å². The van der Waals surface area contributed by atoms with Gasteiger partial charge in [-0.2, -0.15) is 0 Å². The van der Waals surface area contributed by atoms with Gasteiger partial charge in [-0.25, -0.2) is 0 Å². The summed E-state index contributed by atoms with van der Waals surface area (Å²) in [5, 5.41) is 0.452. The average Bonchev–Trinajstić information content (AvgIpc) is 2.76. The van der Waals surface area contributed by atoms with Gasteiger partial charge in [-0.3, -0.25) is 0 Å². The van der Waals surface area contributed by atoms with Crippen LogP contribution in [0.5, 0.6) is 17.2 Å². The predicted molar refractivity (Wildman–Crippen MR) is 61.6 cm³/mol. The van der Waals surface area contributed by atoms with Gasteiger partial charge in [0.1, 0.15) is 10.8 Å². The quantitative estimate of drug-likeness (QED) is 0.884. The summed E-state index contributed by atoms with van der Waals surface area (Å²) in [5.74, 6) is 1.97. The topological polar surface area (TPSA) is 53.7 Å². The van der Waals surface area contributed by atoms with Crippen molar-refractivity contribution in [1.82, 2.24) is 0 Å². The lowest BCUT2D eigenvalue weighted by Crippen LogP contribution is -2.10. The third kappa shape index (κ3) is 1.68. The van der Waals surface area contributed by atoms with Crippen molar-refractivity contribution < 1.29 is 14.2 Å². The molecule has 0 radical (unpaired) electrons. The Bertz CT molecular complexity index is 409. The van der Waals surface area contributed by atoms with Crippen molar-refractivity contribution in [2.24, 2.45) is 5.73 Å². The van der Waals surface area contributed by atoms with Crippen LogP contribution in [0.4, 0.5) is 0 Å². The van der Waals surface area contributed by atoms with Gasteiger partial charge in [-0.1, -0.05) is 18.5 Å². The maximum absolute atomic E-state index is 6.19. The normalized spacial score (nSPS) is 15.0. The van der Waals surface area contributed by atoms with Crippen LogP contribution in [-0.2, 0) is 0 Å². The van der Waals surface area contributed by atoms with E-state index in [9.17, 15) is 0 Å². The van der Waals surface area contributed by atoms with Gasteiger partial charge in [-0.05, 0) is 18.5 Å². The second-order valence-corrected chi connectivity index (χ2v) is 4.06. The smallest absolute Gasteiger partial charge is 0.231 e. The average molecular weight is 244 g/mol. The molecule has 0 aliphatic carbocycles. The summed E-state index contributed by atoms with van der Waals surface area (Å²) in [5.41, 5.74) is 6.60. The molecule has 0 spiro atoms. The van der Waals surface area contributed by atoms with Gasteiger partial charge < -0.3 is 19.9 Å². The van der Waals surface area contributed by atoms with Crippen molar-refractivity contribution in [2.75, 3.05) is 20.4 Å². The summed E-state index contributed by atoms with van der Waals surface area (Å²) in [7, 11) is 1.58. The molecule has 88 valence electrons. The van der Waals surface area contributed by atoms with E-state index >= 15 is 0 Å². The molecule has 1 aromatic carbocycles. The standard InChI is InChI=1S/C11H14ClNO3/c1-6(4-13)7-3-8-11(16-5-15-8)9(12)10(7)14-2/h3,6H,4-5,13H2,1-2H3. The van der Waals surface area contributed by atoms with E-state index in [1.165, 1.54) is 0 Å². The van der Waals surface area contributed by atoms with E-state index < -0.39 is 0 Å². The van der Waals surface area contributed by atoms with E-state index in [4.69, 9.17) is 31.5 Å². The maximum Gasteiger partial charge on any atom is 0.231 e. The Balaban J connectivity index is 2.56. The summed E-state index contributed by atoms with van der Waals surface area (Å²) in [6.07, 6.45) is 0. The van der Waals surface area contributed by atoms with Crippen molar-refractivity contribution in [3.05, 3.63) is 16.7 Å². The fourth-order valence-electron chi connectivity index (χ4n) is 1.70. The number of ether oxygens (including phenoxy) is 3. The van der Waals surface area contributed by atoms with Crippen LogP contribution in [0, 0.1) is 0 Å². The van der Waals surface area contributed by atoms with E-state index in [2.05, 4.69) is 0 Å². The van der Waals surface area contributed by atoms with Crippen LogP contribution < -0.4 is 19.9 Å². The lowest BCUT2D eigenvalue weighted by atomic mass is 9.99. The molecule has 1 aromatic rings. The second kappa shape index (κ2) is 4.39. The zero-order chi connectivity index (χ0) is 11.7. The van der Waals surface area contributed by atoms with Crippen molar-refractivity contribution in [3.63, 3.8) is 0 Å². The highest BCUT2D eigenvalue weighted by molar-refractivity contribution is 6.34. The molecule has 2 rings (SSSR count). The molecular formula is C11H14ClNO3. The molecule has 1 aliphatic heterocycles. The van der Waals surface area contributed by atoms with Gasteiger partial charge >= 0.3 is 0 Å². The zero-order valence-corrected chi connectivity index (χ0v) is 10.0. The predicted octanol–water partition coefficient (Wildman–Crippen LogP) is 2.14. The molecule has 2 N–H and O–H groups in total. The molecule has 0 saturated carbocycles. The number of fused-ring (bicyclic) bond motifs is 1. The molecular weight excluding hydrogens is 230 g/mol. The lowest BCUT2D eigenvalue weighted by Gasteiger charge is -2.16. The number of benzene rings is 1. The largest absolute Gasteiger partial charge is 0.495 e. The summed E-state index contributed by atoms with van der Waals surface area (Å²) in [6.45, 7) is 2.72. The molecule has 1 atom stereocenters. The second-order valence-electron chi connectivity index (χ2n) is 3.68. The minimum Gasteiger partial charge on any atom is -0.495 e. The lowest BCUT2D eigenvalue weighted by molar-refractivity contribution is 0.174. The fourth-order valence-corrected chi connectivity index (χ4v) is 2.04. The van der Waals surface area contributed by atoms with E-state index in [0.717, 1.165) is 5.56 Å². The first-order chi connectivity index (χ1) is 7.69. The number of nitrogens with two attached hydrogens (primary N) is 1. The molecule has 0 aromatic heterocycles. The van der Waals surface area contributed by atoms with Gasteiger partial charge in [-0.15, -0.1) is 0 Å². The van der Waals surface area contributed by atoms with Crippen LogP contribution in [0.3, 0.4) is 0 Å². The highest BCUT2D eigenvalue weighted by Gasteiger charge is 2.25. The third-order valence-corrected chi connectivity index (χ3v) is 3.02. The number of rotatable bonds is 3. The summed E-state index contributed by atoms with van der Waals surface area (Å²) < 4.78 is 15.9. The highest BCUT2D eigenvalue weighted by Crippen LogP contribution is 2.48. The van der Waals surface area contributed by atoms with Crippen molar-refractivity contribution in [2.45, 2.75) is 12.8 Å². The van der Waals surface area contributed by atoms with Crippen LogP contribution in [0.15, 0.2) is 6.07 Å². The maximum atomic E-state index is 6.19. The van der Waals surface area contributed by atoms with Crippen molar-refractivity contribution in [1.29, 1.82) is 0 Å². The Kier molecular flexibility index (Phi) is 3.12. The highest BCUT2D eigenvalue weighted by atomic mass is 35.5. The van der Waals surface area contributed by atoms with Crippen molar-refractivity contribution >= 4 is 11.6 Å². The molecule has 0 saturated heterocycles.